The number of hydrogen-bond donors (Lipinski definition) is 5. The zero-order chi connectivity index (χ0) is 30.8. The summed E-state index contributed by atoms with van der Waals surface area (Å²) < 4.78 is 2.06. The molecule has 3 aromatic carbocycles. The molecular weight excluding hydrogens is 582 g/mol. The van der Waals surface area contributed by atoms with Crippen molar-refractivity contribution in [2.75, 3.05) is 11.1 Å². The molecule has 3 aromatic heterocycles. The smallest absolute Gasteiger partial charge is 0.326 e. The lowest BCUT2D eigenvalue weighted by atomic mass is 9.98. The number of carbonyl (C=O) groups is 3. The number of Topliss-reactive ketones (excluding diaryl/α,β-unsaturated/α-hetero) is 1. The molecule has 6 N–H and O–H groups in total. The number of carboxylic acid groups (broad SMARTS) is 1. The zero-order valence-corrected chi connectivity index (χ0v) is 23.9. The van der Waals surface area contributed by atoms with Gasteiger partial charge in [0, 0.05) is 43.4 Å². The molecule has 0 saturated carbocycles. The van der Waals surface area contributed by atoms with E-state index in [2.05, 4.69) is 30.6 Å². The number of nitrogens with one attached hydrogen (secondary N) is 3. The van der Waals surface area contributed by atoms with E-state index in [4.69, 9.17) is 5.73 Å². The fraction of sp³-hybridized carbons (Fsp3) is 0.129. The molecule has 0 radical (unpaired) electrons. The molecule has 0 fully saturated rings. The van der Waals surface area contributed by atoms with Crippen molar-refractivity contribution in [3.63, 3.8) is 0 Å². The van der Waals surface area contributed by atoms with E-state index in [1.54, 1.807) is 41.7 Å². The third kappa shape index (κ3) is 5.80. The summed E-state index contributed by atoms with van der Waals surface area (Å²) in [4.78, 5) is 64.9. The lowest BCUT2D eigenvalue weighted by molar-refractivity contribution is -0.139. The third-order valence-electron chi connectivity index (χ3n) is 7.07. The summed E-state index contributed by atoms with van der Waals surface area (Å²) in [7, 11) is 0. The minimum absolute atomic E-state index is 0.0453. The quantitative estimate of drug-likeness (QED) is 0.141. The van der Waals surface area contributed by atoms with Crippen LogP contribution in [0.15, 0.2) is 77.7 Å². The Bertz CT molecular complexity index is 2120. The van der Waals surface area contributed by atoms with Gasteiger partial charge in [0.1, 0.15) is 6.04 Å². The van der Waals surface area contributed by atoms with Crippen molar-refractivity contribution in [1.82, 2.24) is 25.3 Å². The van der Waals surface area contributed by atoms with E-state index in [1.807, 2.05) is 36.4 Å². The van der Waals surface area contributed by atoms with Gasteiger partial charge in [-0.2, -0.15) is 4.98 Å². The Hall–Kier alpha value is -5.69. The molecule has 0 unspecified atom stereocenters. The number of fused-ring (bicyclic) bond motifs is 4. The lowest BCUT2D eigenvalue weighted by Crippen LogP contribution is -2.41. The summed E-state index contributed by atoms with van der Waals surface area (Å²) in [6.45, 7) is 0.238. The highest BCUT2D eigenvalue weighted by Gasteiger charge is 2.23. The van der Waals surface area contributed by atoms with E-state index in [1.165, 1.54) is 6.20 Å². The van der Waals surface area contributed by atoms with Crippen molar-refractivity contribution in [1.29, 1.82) is 0 Å². The van der Waals surface area contributed by atoms with Crippen LogP contribution in [-0.2, 0) is 11.3 Å². The molecule has 6 rings (SSSR count). The number of carboxylic acids is 1. The molecule has 13 heteroatoms. The number of carbonyl (C=O) groups excluding carboxylic acids is 2. The Kier molecular flexibility index (Phi) is 7.69. The van der Waals surface area contributed by atoms with Crippen LogP contribution in [0.2, 0.25) is 0 Å². The molecule has 1 atom stereocenters. The fourth-order valence-corrected chi connectivity index (χ4v) is 6.04. The van der Waals surface area contributed by atoms with E-state index < -0.39 is 23.5 Å². The number of ketones is 1. The summed E-state index contributed by atoms with van der Waals surface area (Å²) in [6.07, 6.45) is 1.37. The van der Waals surface area contributed by atoms with E-state index in [0.717, 1.165) is 20.2 Å². The van der Waals surface area contributed by atoms with Crippen molar-refractivity contribution < 1.29 is 19.5 Å². The maximum atomic E-state index is 13.2. The number of H-pyrrole nitrogens is 1. The van der Waals surface area contributed by atoms with Gasteiger partial charge >= 0.3 is 5.97 Å². The molecule has 44 heavy (non-hydrogen) atoms. The molecule has 0 bridgehead atoms. The number of amides is 1. The highest BCUT2D eigenvalue weighted by Crippen LogP contribution is 2.36. The van der Waals surface area contributed by atoms with E-state index >= 15 is 0 Å². The molecule has 0 saturated heterocycles. The molecular formula is C31H25N7O5S. The van der Waals surface area contributed by atoms with Crippen LogP contribution in [0.1, 0.15) is 39.3 Å². The van der Waals surface area contributed by atoms with Gasteiger partial charge in [0.15, 0.2) is 16.9 Å². The maximum absolute atomic E-state index is 13.2. The standard InChI is InChI=1S/C31H25N7O5S/c32-31-37-27-26(29(41)38-31)35-18(15-34-27)14-33-17-10-8-16(9-11-17)28(40)36-21(30(42)43)12-13-22(39)19-5-3-7-24-25(19)20-4-1-2-6-23(20)44-24/h1-11,15,21,33H,12-14H2,(H,36,40)(H,42,43)(H3,32,34,37,38,41)/t21-/m0/s1. The Balaban J connectivity index is 1.08. The average Bonchev–Trinajstić information content (AvgIpc) is 3.41. The highest BCUT2D eigenvalue weighted by molar-refractivity contribution is 7.25. The van der Waals surface area contributed by atoms with Crippen LogP contribution in [0.3, 0.4) is 0 Å². The summed E-state index contributed by atoms with van der Waals surface area (Å²) in [5.74, 6) is -2.03. The molecule has 0 aliphatic rings. The third-order valence-corrected chi connectivity index (χ3v) is 8.21. The summed E-state index contributed by atoms with van der Waals surface area (Å²) in [6, 6.07) is 18.6. The number of aliphatic carboxylic acids is 1. The zero-order valence-electron chi connectivity index (χ0n) is 23.0. The average molecular weight is 608 g/mol. The molecule has 0 aliphatic carbocycles. The first-order valence-electron chi connectivity index (χ1n) is 13.6. The van der Waals surface area contributed by atoms with Gasteiger partial charge < -0.3 is 21.5 Å². The van der Waals surface area contributed by atoms with Gasteiger partial charge in [0.05, 0.1) is 18.4 Å². The number of hydrogen-bond acceptors (Lipinski definition) is 10. The summed E-state index contributed by atoms with van der Waals surface area (Å²) in [5, 5.41) is 17.3. The van der Waals surface area contributed by atoms with Gasteiger partial charge in [-0.3, -0.25) is 19.4 Å². The molecule has 220 valence electrons. The Morgan fingerprint density at radius 3 is 2.55 bits per heavy atom. The molecule has 1 amide bonds. The van der Waals surface area contributed by atoms with Crippen LogP contribution < -0.4 is 21.9 Å². The van der Waals surface area contributed by atoms with Crippen LogP contribution in [0.5, 0.6) is 0 Å². The minimum Gasteiger partial charge on any atom is -0.480 e. The number of thiophene rings is 1. The molecule has 12 nitrogen and oxygen atoms in total. The summed E-state index contributed by atoms with van der Waals surface area (Å²) >= 11 is 1.60. The van der Waals surface area contributed by atoms with Gasteiger partial charge in [0.2, 0.25) is 5.95 Å². The minimum atomic E-state index is -1.25. The predicted octanol–water partition coefficient (Wildman–Crippen LogP) is 4.12. The second-order valence-corrected chi connectivity index (χ2v) is 11.1. The first-order valence-corrected chi connectivity index (χ1v) is 14.4. The monoisotopic (exact) mass is 607 g/mol. The highest BCUT2D eigenvalue weighted by atomic mass is 32.1. The van der Waals surface area contributed by atoms with Gasteiger partial charge in [-0.15, -0.1) is 11.3 Å². The van der Waals surface area contributed by atoms with Crippen molar-refractivity contribution in [3.8, 4) is 0 Å². The van der Waals surface area contributed by atoms with E-state index in [-0.39, 0.29) is 47.8 Å². The van der Waals surface area contributed by atoms with Crippen LogP contribution in [-0.4, -0.2) is 48.7 Å². The van der Waals surface area contributed by atoms with Gasteiger partial charge in [-0.1, -0.05) is 30.3 Å². The number of nitrogen functional groups attached to an aromatic ring is 1. The second-order valence-electron chi connectivity index (χ2n) is 10.0. The Morgan fingerprint density at radius 1 is 0.977 bits per heavy atom. The molecule has 0 spiro atoms. The largest absolute Gasteiger partial charge is 0.480 e. The molecule has 0 aliphatic heterocycles. The maximum Gasteiger partial charge on any atom is 0.326 e. The molecule has 3 heterocycles. The number of nitrogens with zero attached hydrogens (tertiary/aromatic N) is 3. The van der Waals surface area contributed by atoms with Crippen LogP contribution >= 0.6 is 11.3 Å². The number of aromatic amines is 1. The number of nitrogens with two attached hydrogens (primary N) is 1. The van der Waals surface area contributed by atoms with Crippen molar-refractivity contribution in [3.05, 3.63) is 100 Å². The first kappa shape index (κ1) is 28.4. The number of aromatic nitrogens is 4. The fourth-order valence-electron chi connectivity index (χ4n) is 4.90. The Morgan fingerprint density at radius 2 is 1.75 bits per heavy atom. The van der Waals surface area contributed by atoms with Crippen LogP contribution in [0, 0.1) is 0 Å². The van der Waals surface area contributed by atoms with Gasteiger partial charge in [0.25, 0.3) is 11.5 Å². The summed E-state index contributed by atoms with van der Waals surface area (Å²) in [5.41, 5.74) is 7.19. The van der Waals surface area contributed by atoms with Crippen molar-refractivity contribution >= 4 is 72.0 Å². The molecule has 6 aromatic rings. The van der Waals surface area contributed by atoms with Crippen molar-refractivity contribution in [2.45, 2.75) is 25.4 Å². The Labute approximate surface area is 253 Å². The normalized spacial score (nSPS) is 11.9. The van der Waals surface area contributed by atoms with Gasteiger partial charge in [-0.05, 0) is 42.8 Å². The second kappa shape index (κ2) is 11.9. The topological polar surface area (TPSA) is 193 Å². The SMILES string of the molecule is Nc1nc2ncc(CNc3ccc(C(=O)N[C@@H](CCC(=O)c4cccc5sc6ccccc6c45)C(=O)O)cc3)nc2c(=O)[nH]1. The lowest BCUT2D eigenvalue weighted by Gasteiger charge is -2.15. The van der Waals surface area contributed by atoms with Crippen molar-refractivity contribution in [2.24, 2.45) is 0 Å². The number of rotatable bonds is 10. The number of benzene rings is 3. The predicted molar refractivity (Wildman–Crippen MR) is 168 cm³/mol. The van der Waals surface area contributed by atoms with Gasteiger partial charge in [-0.25, -0.2) is 14.8 Å². The first-order chi connectivity index (χ1) is 21.3. The van der Waals surface area contributed by atoms with E-state index in [0.29, 0.717) is 16.9 Å². The van der Waals surface area contributed by atoms with Crippen LogP contribution in [0.4, 0.5) is 11.6 Å². The van der Waals surface area contributed by atoms with E-state index in [9.17, 15) is 24.3 Å². The number of anilines is 2. The van der Waals surface area contributed by atoms with Crippen LogP contribution in [0.25, 0.3) is 31.3 Å².